The van der Waals surface area contributed by atoms with Crippen LogP contribution in [0.3, 0.4) is 0 Å². The number of rotatable bonds is 1. The fourth-order valence-corrected chi connectivity index (χ4v) is 2.15. The highest BCUT2D eigenvalue weighted by Crippen LogP contribution is 2.12. The van der Waals surface area contributed by atoms with Gasteiger partial charge in [0, 0.05) is 44.8 Å². The maximum absolute atomic E-state index is 12.4. The molecule has 0 saturated carbocycles. The second kappa shape index (κ2) is 5.37. The zero-order chi connectivity index (χ0) is 11.7. The molecule has 0 radical (unpaired) electrons. The van der Waals surface area contributed by atoms with Crippen LogP contribution in [-0.4, -0.2) is 46.4 Å². The number of imidazole rings is 1. The number of hydrogen-bond donors (Lipinski definition) is 1. The number of carbonyl (C=O) groups excluding carboxylic acids is 1. The normalized spacial score (nSPS) is 15.4. The van der Waals surface area contributed by atoms with Crippen molar-refractivity contribution in [1.29, 1.82) is 0 Å². The van der Waals surface area contributed by atoms with Crippen LogP contribution < -0.4 is 5.32 Å². The van der Waals surface area contributed by atoms with E-state index in [1.807, 2.05) is 33.8 Å². The summed E-state index contributed by atoms with van der Waals surface area (Å²) in [7, 11) is 0. The lowest BCUT2D eigenvalue weighted by molar-refractivity contribution is 0.0737. The number of amides is 1. The Morgan fingerprint density at radius 2 is 2.06 bits per heavy atom. The summed E-state index contributed by atoms with van der Waals surface area (Å²) in [6.07, 6.45) is 5.46. The van der Waals surface area contributed by atoms with Crippen molar-refractivity contribution in [3.05, 3.63) is 36.3 Å². The van der Waals surface area contributed by atoms with E-state index in [4.69, 9.17) is 0 Å². The largest absolute Gasteiger partial charge is 0.336 e. The third-order valence-corrected chi connectivity index (χ3v) is 3.05. The molecule has 0 aliphatic carbocycles. The van der Waals surface area contributed by atoms with Gasteiger partial charge in [0.05, 0.1) is 5.56 Å². The monoisotopic (exact) mass is 266 g/mol. The maximum atomic E-state index is 12.4. The summed E-state index contributed by atoms with van der Waals surface area (Å²) in [6.45, 7) is 3.26. The van der Waals surface area contributed by atoms with Gasteiger partial charge in [-0.05, 0) is 12.1 Å². The van der Waals surface area contributed by atoms with E-state index in [1.54, 1.807) is 6.20 Å². The van der Waals surface area contributed by atoms with E-state index in [0.717, 1.165) is 31.8 Å². The van der Waals surface area contributed by atoms with Crippen LogP contribution in [0, 0.1) is 0 Å². The summed E-state index contributed by atoms with van der Waals surface area (Å²) in [5.41, 5.74) is 1.41. The minimum atomic E-state index is 0. The van der Waals surface area contributed by atoms with Crippen LogP contribution >= 0.6 is 12.4 Å². The van der Waals surface area contributed by atoms with Crippen LogP contribution in [0.4, 0.5) is 0 Å². The van der Waals surface area contributed by atoms with Crippen molar-refractivity contribution in [3.8, 4) is 0 Å². The minimum absolute atomic E-state index is 0. The third-order valence-electron chi connectivity index (χ3n) is 3.05. The van der Waals surface area contributed by atoms with Gasteiger partial charge in [-0.3, -0.25) is 4.79 Å². The van der Waals surface area contributed by atoms with E-state index in [-0.39, 0.29) is 18.3 Å². The van der Waals surface area contributed by atoms with Gasteiger partial charge >= 0.3 is 0 Å². The Morgan fingerprint density at radius 3 is 2.83 bits per heavy atom. The van der Waals surface area contributed by atoms with Gasteiger partial charge in [0.15, 0.2) is 0 Å². The van der Waals surface area contributed by atoms with Gasteiger partial charge in [-0.2, -0.15) is 0 Å². The van der Waals surface area contributed by atoms with Gasteiger partial charge in [-0.15, -0.1) is 12.4 Å². The number of hydrogen-bond acceptors (Lipinski definition) is 3. The molecule has 5 nitrogen and oxygen atoms in total. The number of carbonyl (C=O) groups is 1. The van der Waals surface area contributed by atoms with Crippen molar-refractivity contribution in [3.63, 3.8) is 0 Å². The summed E-state index contributed by atoms with van der Waals surface area (Å²) in [4.78, 5) is 18.5. The molecule has 1 amide bonds. The van der Waals surface area contributed by atoms with Crippen LogP contribution in [0.5, 0.6) is 0 Å². The lowest BCUT2D eigenvalue weighted by Crippen LogP contribution is -2.46. The predicted molar refractivity (Wildman–Crippen MR) is 71.2 cm³/mol. The number of fused-ring (bicyclic) bond motifs is 1. The molecule has 0 unspecified atom stereocenters. The third kappa shape index (κ3) is 2.19. The number of pyridine rings is 1. The van der Waals surface area contributed by atoms with Crippen molar-refractivity contribution in [2.75, 3.05) is 26.2 Å². The molecule has 3 heterocycles. The van der Waals surface area contributed by atoms with Gasteiger partial charge in [0.1, 0.15) is 5.65 Å². The number of aromatic nitrogens is 2. The first-order valence-electron chi connectivity index (χ1n) is 5.78. The van der Waals surface area contributed by atoms with E-state index in [2.05, 4.69) is 10.3 Å². The summed E-state index contributed by atoms with van der Waals surface area (Å²) >= 11 is 0. The molecule has 96 valence electrons. The average molecular weight is 267 g/mol. The molecule has 0 aromatic carbocycles. The highest BCUT2D eigenvalue weighted by Gasteiger charge is 2.20. The zero-order valence-corrected chi connectivity index (χ0v) is 10.7. The number of halogens is 1. The molecule has 3 rings (SSSR count). The highest BCUT2D eigenvalue weighted by atomic mass is 35.5. The Morgan fingerprint density at radius 1 is 1.28 bits per heavy atom. The van der Waals surface area contributed by atoms with Crippen LogP contribution in [0.15, 0.2) is 30.7 Å². The Balaban J connectivity index is 0.00000120. The summed E-state index contributed by atoms with van der Waals surface area (Å²) in [5, 5.41) is 3.24. The van der Waals surface area contributed by atoms with Gasteiger partial charge in [-0.25, -0.2) is 4.98 Å². The molecule has 0 bridgehead atoms. The number of nitrogens with zero attached hydrogens (tertiary/aromatic N) is 3. The van der Waals surface area contributed by atoms with Gasteiger partial charge in [0.2, 0.25) is 0 Å². The van der Waals surface area contributed by atoms with E-state index in [0.29, 0.717) is 5.56 Å². The van der Waals surface area contributed by atoms with Crippen molar-refractivity contribution in [1.82, 2.24) is 19.6 Å². The van der Waals surface area contributed by atoms with Crippen LogP contribution in [0.25, 0.3) is 5.65 Å². The van der Waals surface area contributed by atoms with E-state index >= 15 is 0 Å². The SMILES string of the molecule is Cl.O=C(c1cccn2ccnc12)N1CCNCC1. The Kier molecular flexibility index (Phi) is 3.84. The quantitative estimate of drug-likeness (QED) is 0.831. The first kappa shape index (κ1) is 12.9. The molecule has 1 aliphatic heterocycles. The van der Waals surface area contributed by atoms with Gasteiger partial charge in [0.25, 0.3) is 5.91 Å². The summed E-state index contributed by atoms with van der Waals surface area (Å²) < 4.78 is 1.87. The Hall–Kier alpha value is -1.59. The van der Waals surface area contributed by atoms with Crippen LogP contribution in [0.2, 0.25) is 0 Å². The van der Waals surface area contributed by atoms with E-state index < -0.39 is 0 Å². The zero-order valence-electron chi connectivity index (χ0n) is 9.87. The molecule has 1 N–H and O–H groups in total. The summed E-state index contributed by atoms with van der Waals surface area (Å²) in [6, 6.07) is 3.72. The van der Waals surface area contributed by atoms with Crippen molar-refractivity contribution >= 4 is 24.0 Å². The van der Waals surface area contributed by atoms with Crippen molar-refractivity contribution < 1.29 is 4.79 Å². The fourth-order valence-electron chi connectivity index (χ4n) is 2.15. The van der Waals surface area contributed by atoms with Gasteiger partial charge < -0.3 is 14.6 Å². The average Bonchev–Trinajstić information content (AvgIpc) is 2.87. The maximum Gasteiger partial charge on any atom is 0.257 e. The Bertz CT molecular complexity index is 548. The predicted octanol–water partition coefficient (Wildman–Crippen LogP) is 0.801. The molecule has 0 spiro atoms. The minimum Gasteiger partial charge on any atom is -0.336 e. The van der Waals surface area contributed by atoms with E-state index in [9.17, 15) is 4.79 Å². The molecule has 1 saturated heterocycles. The second-order valence-electron chi connectivity index (χ2n) is 4.12. The molecule has 2 aromatic heterocycles. The molecular weight excluding hydrogens is 252 g/mol. The number of nitrogens with one attached hydrogen (secondary N) is 1. The van der Waals surface area contributed by atoms with E-state index in [1.165, 1.54) is 0 Å². The first-order valence-corrected chi connectivity index (χ1v) is 5.78. The standard InChI is InChI=1S/C12H14N4O.ClH/c17-12(16-7-3-13-4-8-16)10-2-1-6-15-9-5-14-11(10)15;/h1-2,5-6,9,13H,3-4,7-8H2;1H. The topological polar surface area (TPSA) is 49.6 Å². The lowest BCUT2D eigenvalue weighted by atomic mass is 10.2. The molecule has 2 aromatic rings. The smallest absolute Gasteiger partial charge is 0.257 e. The molecular formula is C12H15ClN4O. The molecule has 1 aliphatic rings. The fraction of sp³-hybridized carbons (Fsp3) is 0.333. The second-order valence-corrected chi connectivity index (χ2v) is 4.12. The van der Waals surface area contributed by atoms with Crippen molar-refractivity contribution in [2.24, 2.45) is 0 Å². The van der Waals surface area contributed by atoms with Crippen LogP contribution in [0.1, 0.15) is 10.4 Å². The summed E-state index contributed by atoms with van der Waals surface area (Å²) in [5.74, 6) is 0.0725. The van der Waals surface area contributed by atoms with Crippen LogP contribution in [-0.2, 0) is 0 Å². The molecule has 1 fully saturated rings. The molecule has 6 heteroatoms. The number of piperazine rings is 1. The first-order chi connectivity index (χ1) is 8.36. The Labute approximate surface area is 111 Å². The van der Waals surface area contributed by atoms with Gasteiger partial charge in [-0.1, -0.05) is 0 Å². The molecule has 18 heavy (non-hydrogen) atoms. The lowest BCUT2D eigenvalue weighted by Gasteiger charge is -2.27. The van der Waals surface area contributed by atoms with Crippen molar-refractivity contribution in [2.45, 2.75) is 0 Å². The highest BCUT2D eigenvalue weighted by molar-refractivity contribution is 5.99. The molecule has 0 atom stereocenters.